The van der Waals surface area contributed by atoms with Gasteiger partial charge in [-0.05, 0) is 74.6 Å². The molecule has 0 radical (unpaired) electrons. The van der Waals surface area contributed by atoms with E-state index >= 15 is 0 Å². The number of ketones is 1. The minimum absolute atomic E-state index is 0.00952. The van der Waals surface area contributed by atoms with Gasteiger partial charge in [0.2, 0.25) is 0 Å². The van der Waals surface area contributed by atoms with Gasteiger partial charge >= 0.3 is 0 Å². The number of pyridine rings is 1. The van der Waals surface area contributed by atoms with Crippen molar-refractivity contribution < 1.29 is 14.3 Å². The number of hydrogen-bond acceptors (Lipinski definition) is 4. The normalized spacial score (nSPS) is 16.9. The molecule has 1 aliphatic rings. The number of hydrogen-bond donors (Lipinski definition) is 0. The summed E-state index contributed by atoms with van der Waals surface area (Å²) in [7, 11) is 1.58. The summed E-state index contributed by atoms with van der Waals surface area (Å²) in [6.45, 7) is 10.1. The van der Waals surface area contributed by atoms with Gasteiger partial charge in [0.15, 0.2) is 11.4 Å². The van der Waals surface area contributed by atoms with Gasteiger partial charge < -0.3 is 9.47 Å². The molecule has 0 bridgehead atoms. The molecule has 162 valence electrons. The van der Waals surface area contributed by atoms with Gasteiger partial charge in [-0.2, -0.15) is 0 Å². The van der Waals surface area contributed by atoms with E-state index in [9.17, 15) is 4.79 Å². The lowest BCUT2D eigenvalue weighted by Crippen LogP contribution is -2.44. The summed E-state index contributed by atoms with van der Waals surface area (Å²) < 4.78 is 11.2. The van der Waals surface area contributed by atoms with E-state index in [0.29, 0.717) is 12.3 Å². The van der Waals surface area contributed by atoms with Crippen molar-refractivity contribution in [3.63, 3.8) is 0 Å². The van der Waals surface area contributed by atoms with Crippen LogP contribution in [0.15, 0.2) is 23.9 Å². The van der Waals surface area contributed by atoms with E-state index in [1.54, 1.807) is 14.0 Å². The maximum atomic E-state index is 12.8. The summed E-state index contributed by atoms with van der Waals surface area (Å²) >= 11 is 0. The zero-order chi connectivity index (χ0) is 21.4. The van der Waals surface area contributed by atoms with Crippen LogP contribution < -0.4 is 0 Å². The van der Waals surface area contributed by atoms with Crippen LogP contribution in [0, 0.1) is 18.8 Å². The molecule has 1 unspecified atom stereocenters. The van der Waals surface area contributed by atoms with Crippen molar-refractivity contribution in [2.75, 3.05) is 13.9 Å². The minimum atomic E-state index is -1.03. The molecular formula is C25H39NO3. The number of methoxy groups -OCH3 is 1. The number of aromatic nitrogens is 1. The van der Waals surface area contributed by atoms with Crippen LogP contribution in [0.2, 0.25) is 0 Å². The first-order valence-corrected chi connectivity index (χ1v) is 11.0. The van der Waals surface area contributed by atoms with E-state index in [1.165, 1.54) is 36.8 Å². The average molecular weight is 402 g/mol. The SMILES string of the molecule is COCOC(Cc1cc(CCCC2CC2)c(C)cn1)(C(C)=O)/C(C)=C\CC(C)C. The Morgan fingerprint density at radius 2 is 2.07 bits per heavy atom. The van der Waals surface area contributed by atoms with Crippen LogP contribution in [0.1, 0.15) is 76.6 Å². The smallest absolute Gasteiger partial charge is 0.166 e. The molecule has 0 amide bonds. The third kappa shape index (κ3) is 7.04. The molecule has 1 heterocycles. The number of carbonyl (C=O) groups is 1. The predicted molar refractivity (Wildman–Crippen MR) is 118 cm³/mol. The van der Waals surface area contributed by atoms with Crippen molar-refractivity contribution in [3.05, 3.63) is 40.7 Å². The molecule has 29 heavy (non-hydrogen) atoms. The third-order valence-corrected chi connectivity index (χ3v) is 5.98. The Morgan fingerprint density at radius 3 is 2.66 bits per heavy atom. The summed E-state index contributed by atoms with van der Waals surface area (Å²) in [5.74, 6) is 1.47. The molecule has 2 rings (SSSR count). The fourth-order valence-corrected chi connectivity index (χ4v) is 3.77. The van der Waals surface area contributed by atoms with E-state index in [1.807, 2.05) is 13.1 Å². The highest BCUT2D eigenvalue weighted by molar-refractivity contribution is 5.88. The minimum Gasteiger partial charge on any atom is -0.359 e. The van der Waals surface area contributed by atoms with E-state index in [0.717, 1.165) is 30.0 Å². The molecule has 0 N–H and O–H groups in total. The number of Topliss-reactive ketones (excluding diaryl/α,β-unsaturated/α-hetero) is 1. The van der Waals surface area contributed by atoms with Gasteiger partial charge in [-0.15, -0.1) is 0 Å². The monoisotopic (exact) mass is 401 g/mol. The van der Waals surface area contributed by atoms with Crippen molar-refractivity contribution in [3.8, 4) is 0 Å². The highest BCUT2D eigenvalue weighted by Gasteiger charge is 2.39. The number of carbonyl (C=O) groups excluding carboxylic acids is 1. The van der Waals surface area contributed by atoms with E-state index in [-0.39, 0.29) is 12.6 Å². The molecule has 1 saturated carbocycles. The third-order valence-electron chi connectivity index (χ3n) is 5.98. The van der Waals surface area contributed by atoms with Gasteiger partial charge in [0.25, 0.3) is 0 Å². The second-order valence-electron chi connectivity index (χ2n) is 9.07. The summed E-state index contributed by atoms with van der Waals surface area (Å²) in [6.07, 6.45) is 11.8. The number of rotatable bonds is 13. The molecule has 0 saturated heterocycles. The summed E-state index contributed by atoms with van der Waals surface area (Å²) in [5, 5.41) is 0. The lowest BCUT2D eigenvalue weighted by Gasteiger charge is -2.32. The van der Waals surface area contributed by atoms with Gasteiger partial charge in [0, 0.05) is 25.4 Å². The molecule has 4 heteroatoms. The first-order valence-electron chi connectivity index (χ1n) is 11.0. The standard InChI is InChI=1S/C25H39NO3/c1-18(2)10-11-20(4)25(21(5)27,29-17-28-6)15-24-14-23(19(3)16-26-24)9-7-8-22-12-13-22/h11,14,16,18,22H,7-10,12-13,15,17H2,1-6H3/b20-11-. The fourth-order valence-electron chi connectivity index (χ4n) is 3.77. The highest BCUT2D eigenvalue weighted by Crippen LogP contribution is 2.34. The van der Waals surface area contributed by atoms with Crippen molar-refractivity contribution in [2.24, 2.45) is 11.8 Å². The highest BCUT2D eigenvalue weighted by atomic mass is 16.7. The van der Waals surface area contributed by atoms with Crippen LogP contribution in [0.25, 0.3) is 0 Å². The zero-order valence-electron chi connectivity index (χ0n) is 19.2. The molecule has 0 spiro atoms. The molecule has 1 atom stereocenters. The Labute approximate surface area is 177 Å². The lowest BCUT2D eigenvalue weighted by molar-refractivity contribution is -0.153. The molecule has 0 aliphatic heterocycles. The fraction of sp³-hybridized carbons (Fsp3) is 0.680. The van der Waals surface area contributed by atoms with Crippen molar-refractivity contribution in [1.29, 1.82) is 0 Å². The molecule has 1 aliphatic carbocycles. The van der Waals surface area contributed by atoms with Crippen LogP contribution in [-0.2, 0) is 27.1 Å². The van der Waals surface area contributed by atoms with Crippen molar-refractivity contribution in [2.45, 2.75) is 85.2 Å². The van der Waals surface area contributed by atoms with Crippen LogP contribution in [0.4, 0.5) is 0 Å². The van der Waals surface area contributed by atoms with Crippen LogP contribution in [0.3, 0.4) is 0 Å². The van der Waals surface area contributed by atoms with E-state index < -0.39 is 5.60 Å². The Hall–Kier alpha value is -1.52. The molecule has 1 aromatic heterocycles. The average Bonchev–Trinajstić information content (AvgIpc) is 3.49. The summed E-state index contributed by atoms with van der Waals surface area (Å²) in [5.41, 5.74) is 3.37. The van der Waals surface area contributed by atoms with Crippen LogP contribution in [-0.4, -0.2) is 30.3 Å². The van der Waals surface area contributed by atoms with Gasteiger partial charge in [-0.25, -0.2) is 0 Å². The maximum absolute atomic E-state index is 12.8. The number of ether oxygens (including phenoxy) is 2. The molecule has 0 aromatic carbocycles. The number of allylic oxidation sites excluding steroid dienone is 1. The maximum Gasteiger partial charge on any atom is 0.166 e. The Balaban J connectivity index is 2.26. The van der Waals surface area contributed by atoms with Gasteiger partial charge in [0.1, 0.15) is 6.79 Å². The molecule has 1 aromatic rings. The second-order valence-corrected chi connectivity index (χ2v) is 9.07. The lowest BCUT2D eigenvalue weighted by atomic mass is 9.84. The Kier molecular flexibility index (Phi) is 9.04. The van der Waals surface area contributed by atoms with Crippen LogP contribution >= 0.6 is 0 Å². The van der Waals surface area contributed by atoms with Gasteiger partial charge in [-0.3, -0.25) is 9.78 Å². The van der Waals surface area contributed by atoms with Gasteiger partial charge in [-0.1, -0.05) is 39.2 Å². The Bertz CT molecular complexity index is 706. The zero-order valence-corrected chi connectivity index (χ0v) is 19.2. The number of nitrogens with zero attached hydrogens (tertiary/aromatic N) is 1. The van der Waals surface area contributed by atoms with Crippen molar-refractivity contribution in [1.82, 2.24) is 4.98 Å². The molecule has 1 fully saturated rings. The quantitative estimate of drug-likeness (QED) is 0.319. The predicted octanol–water partition coefficient (Wildman–Crippen LogP) is 5.61. The number of aryl methyl sites for hydroxylation is 2. The summed E-state index contributed by atoms with van der Waals surface area (Å²) in [4.78, 5) is 17.5. The van der Waals surface area contributed by atoms with Crippen LogP contribution in [0.5, 0.6) is 0 Å². The molecule has 4 nitrogen and oxygen atoms in total. The largest absolute Gasteiger partial charge is 0.359 e. The van der Waals surface area contributed by atoms with Crippen molar-refractivity contribution >= 4 is 5.78 Å². The summed E-state index contributed by atoms with van der Waals surface area (Å²) in [6, 6.07) is 2.17. The van der Waals surface area contributed by atoms with E-state index in [4.69, 9.17) is 9.47 Å². The first kappa shape index (κ1) is 23.8. The second kappa shape index (κ2) is 11.0. The topological polar surface area (TPSA) is 48.4 Å². The Morgan fingerprint density at radius 1 is 1.34 bits per heavy atom. The molecular weight excluding hydrogens is 362 g/mol. The van der Waals surface area contributed by atoms with Gasteiger partial charge in [0.05, 0.1) is 0 Å². The first-order chi connectivity index (χ1) is 13.8. The van der Waals surface area contributed by atoms with E-state index in [2.05, 4.69) is 37.9 Å².